The number of carboxylic acid groups (broad SMARTS) is 1. The number of aryl methyl sites for hydroxylation is 1. The number of carboxylic acids is 1. The molecule has 0 radical (unpaired) electrons. The van der Waals surface area contributed by atoms with E-state index < -0.39 is 12.1 Å². The van der Waals surface area contributed by atoms with Gasteiger partial charge in [0.05, 0.1) is 30.9 Å². The number of rotatable bonds is 8. The number of carbonyl (C=O) groups excluding carboxylic acids is 1. The second kappa shape index (κ2) is 10.2. The van der Waals surface area contributed by atoms with E-state index in [1.165, 1.54) is 0 Å². The Morgan fingerprint density at radius 2 is 1.92 bits per heavy atom. The fourth-order valence-corrected chi connectivity index (χ4v) is 4.54. The van der Waals surface area contributed by atoms with E-state index in [-0.39, 0.29) is 25.1 Å². The number of H-pyrrole nitrogens is 1. The van der Waals surface area contributed by atoms with Crippen molar-refractivity contribution in [3.63, 3.8) is 0 Å². The van der Waals surface area contributed by atoms with Crippen LogP contribution in [-0.2, 0) is 22.5 Å². The summed E-state index contributed by atoms with van der Waals surface area (Å²) < 4.78 is 12.0. The Labute approximate surface area is 214 Å². The molecule has 0 saturated carbocycles. The average Bonchev–Trinajstić information content (AvgIpc) is 3.43. The molecular weight excluding hydrogens is 470 g/mol. The lowest BCUT2D eigenvalue weighted by Crippen LogP contribution is -2.31. The lowest BCUT2D eigenvalue weighted by Gasteiger charge is -2.23. The lowest BCUT2D eigenvalue weighted by atomic mass is 10.0. The molecule has 2 heterocycles. The molecule has 1 saturated heterocycles. The van der Waals surface area contributed by atoms with E-state index in [9.17, 15) is 9.59 Å². The molecule has 2 N–H and O–H groups in total. The molecule has 5 rings (SSSR count). The van der Waals surface area contributed by atoms with Gasteiger partial charge in [-0.3, -0.25) is 9.69 Å². The molecule has 0 bridgehead atoms. The third-order valence-corrected chi connectivity index (χ3v) is 6.42. The third kappa shape index (κ3) is 5.33. The zero-order valence-corrected chi connectivity index (χ0v) is 20.5. The Morgan fingerprint density at radius 3 is 2.65 bits per heavy atom. The van der Waals surface area contributed by atoms with Gasteiger partial charge in [-0.2, -0.15) is 0 Å². The summed E-state index contributed by atoms with van der Waals surface area (Å²) in [5.74, 6) is 0.973. The number of aromatic amines is 1. The smallest absolute Gasteiger partial charge is 0.411 e. The van der Waals surface area contributed by atoms with Crippen LogP contribution in [0.25, 0.3) is 11.3 Å². The van der Waals surface area contributed by atoms with Gasteiger partial charge in [0.2, 0.25) is 0 Å². The zero-order valence-electron chi connectivity index (χ0n) is 20.5. The summed E-state index contributed by atoms with van der Waals surface area (Å²) in [6.45, 7) is 4.13. The Balaban J connectivity index is 1.47. The van der Waals surface area contributed by atoms with E-state index in [4.69, 9.17) is 14.6 Å². The highest BCUT2D eigenvalue weighted by atomic mass is 16.6. The number of carbonyl (C=O) groups is 2. The molecule has 2 atom stereocenters. The van der Waals surface area contributed by atoms with Crippen molar-refractivity contribution >= 4 is 12.1 Å². The molecule has 188 valence electrons. The van der Waals surface area contributed by atoms with Crippen LogP contribution in [0.5, 0.6) is 11.5 Å². The molecular formula is C29H27N3O5. The van der Waals surface area contributed by atoms with Crippen molar-refractivity contribution in [1.82, 2.24) is 14.9 Å². The monoisotopic (exact) mass is 497 g/mol. The van der Waals surface area contributed by atoms with Gasteiger partial charge in [0.25, 0.3) is 0 Å². The summed E-state index contributed by atoms with van der Waals surface area (Å²) in [7, 11) is 0. The zero-order chi connectivity index (χ0) is 25.9. The molecule has 8 nitrogen and oxygen atoms in total. The van der Waals surface area contributed by atoms with Crippen molar-refractivity contribution in [2.45, 2.75) is 39.0 Å². The Kier molecular flexibility index (Phi) is 6.64. The molecule has 0 aliphatic carbocycles. The van der Waals surface area contributed by atoms with Crippen LogP contribution >= 0.6 is 0 Å². The maximum atomic E-state index is 12.9. The van der Waals surface area contributed by atoms with E-state index in [1.807, 2.05) is 62.4 Å². The fourth-order valence-electron chi connectivity index (χ4n) is 4.54. The molecule has 1 amide bonds. The van der Waals surface area contributed by atoms with Crippen LogP contribution in [0.15, 0.2) is 79.0 Å². The molecule has 0 spiro atoms. The number of aliphatic carboxylic acids is 1. The summed E-state index contributed by atoms with van der Waals surface area (Å²) in [4.78, 5) is 33.3. The van der Waals surface area contributed by atoms with Gasteiger partial charge in [0.15, 0.2) is 0 Å². The topological polar surface area (TPSA) is 105 Å². The van der Waals surface area contributed by atoms with Crippen molar-refractivity contribution < 1.29 is 24.2 Å². The second-order valence-electron chi connectivity index (χ2n) is 9.11. The summed E-state index contributed by atoms with van der Waals surface area (Å²) in [5.41, 5.74) is 4.12. The van der Waals surface area contributed by atoms with Gasteiger partial charge in [0.1, 0.15) is 23.4 Å². The van der Waals surface area contributed by atoms with Gasteiger partial charge >= 0.3 is 12.1 Å². The van der Waals surface area contributed by atoms with Crippen LogP contribution in [0.1, 0.15) is 35.5 Å². The first kappa shape index (κ1) is 24.1. The number of amides is 1. The lowest BCUT2D eigenvalue weighted by molar-refractivity contribution is -0.136. The van der Waals surface area contributed by atoms with Crippen LogP contribution in [-0.4, -0.2) is 38.1 Å². The van der Waals surface area contributed by atoms with E-state index >= 15 is 0 Å². The summed E-state index contributed by atoms with van der Waals surface area (Å²) in [6.07, 6.45) is 0.908. The first-order valence-electron chi connectivity index (χ1n) is 12.0. The normalized spacial score (nSPS) is 17.0. The van der Waals surface area contributed by atoms with Gasteiger partial charge < -0.3 is 19.6 Å². The van der Waals surface area contributed by atoms with Crippen LogP contribution < -0.4 is 4.74 Å². The first-order valence-corrected chi connectivity index (χ1v) is 12.0. The number of nitrogens with zero attached hydrogens (tertiary/aromatic N) is 2. The van der Waals surface area contributed by atoms with Gasteiger partial charge in [-0.25, -0.2) is 9.78 Å². The van der Waals surface area contributed by atoms with E-state index in [1.54, 1.807) is 35.4 Å². The molecule has 8 heteroatoms. The minimum atomic E-state index is -0.911. The van der Waals surface area contributed by atoms with E-state index in [0.29, 0.717) is 17.1 Å². The molecule has 4 aromatic rings. The highest BCUT2D eigenvalue weighted by Gasteiger charge is 2.39. The Morgan fingerprint density at radius 1 is 1.11 bits per heavy atom. The Hall–Kier alpha value is -4.59. The SMILES string of the molecule is Cc1ncc(-c2ccc(Oc3cccc(CC(=O)O)c3)c(CN3C(=O)O[C@H](c4ccccc4)[C@@H]3C)c2)[nH]1. The largest absolute Gasteiger partial charge is 0.481 e. The number of aromatic nitrogens is 2. The van der Waals surface area contributed by atoms with E-state index in [0.717, 1.165) is 28.2 Å². The fraction of sp³-hybridized carbons (Fsp3) is 0.207. The highest BCUT2D eigenvalue weighted by molar-refractivity contribution is 5.72. The summed E-state index contributed by atoms with van der Waals surface area (Å²) >= 11 is 0. The molecule has 3 aromatic carbocycles. The van der Waals surface area contributed by atoms with Crippen LogP contribution in [0.4, 0.5) is 4.79 Å². The maximum absolute atomic E-state index is 12.9. The average molecular weight is 498 g/mol. The molecule has 1 fully saturated rings. The van der Waals surface area contributed by atoms with E-state index in [2.05, 4.69) is 9.97 Å². The molecule has 37 heavy (non-hydrogen) atoms. The molecule has 1 aliphatic heterocycles. The third-order valence-electron chi connectivity index (χ3n) is 6.42. The van der Waals surface area contributed by atoms with Crippen molar-refractivity contribution in [1.29, 1.82) is 0 Å². The predicted molar refractivity (Wildman–Crippen MR) is 137 cm³/mol. The minimum Gasteiger partial charge on any atom is -0.481 e. The number of cyclic esters (lactones) is 1. The van der Waals surface area contributed by atoms with Crippen LogP contribution in [0.3, 0.4) is 0 Å². The Bertz CT molecular complexity index is 1430. The number of benzene rings is 3. The quantitative estimate of drug-likeness (QED) is 0.315. The molecule has 1 aliphatic rings. The molecule has 1 aromatic heterocycles. The number of hydrogen-bond donors (Lipinski definition) is 2. The number of nitrogens with one attached hydrogen (secondary N) is 1. The minimum absolute atomic E-state index is 0.0970. The molecule has 0 unspecified atom stereocenters. The number of hydrogen-bond acceptors (Lipinski definition) is 5. The van der Waals surface area contributed by atoms with Gasteiger partial charge in [-0.15, -0.1) is 0 Å². The van der Waals surface area contributed by atoms with Gasteiger partial charge in [-0.05, 0) is 55.3 Å². The van der Waals surface area contributed by atoms with Crippen molar-refractivity contribution in [2.75, 3.05) is 0 Å². The van der Waals surface area contributed by atoms with Crippen molar-refractivity contribution in [3.8, 4) is 22.8 Å². The summed E-state index contributed by atoms with van der Waals surface area (Å²) in [6, 6.07) is 22.3. The maximum Gasteiger partial charge on any atom is 0.411 e. The van der Waals surface area contributed by atoms with Crippen molar-refractivity contribution in [3.05, 3.63) is 102 Å². The highest BCUT2D eigenvalue weighted by Crippen LogP contribution is 2.36. The van der Waals surface area contributed by atoms with Gasteiger partial charge in [0, 0.05) is 11.1 Å². The van der Waals surface area contributed by atoms with Crippen LogP contribution in [0, 0.1) is 6.92 Å². The first-order chi connectivity index (χ1) is 17.9. The van der Waals surface area contributed by atoms with Crippen molar-refractivity contribution in [2.24, 2.45) is 0 Å². The summed E-state index contributed by atoms with van der Waals surface area (Å²) in [5, 5.41) is 9.15. The predicted octanol–water partition coefficient (Wildman–Crippen LogP) is 5.89. The number of imidazole rings is 1. The van der Waals surface area contributed by atoms with Crippen LogP contribution in [0.2, 0.25) is 0 Å². The second-order valence-corrected chi connectivity index (χ2v) is 9.11. The van der Waals surface area contributed by atoms with Gasteiger partial charge in [-0.1, -0.05) is 42.5 Å². The number of ether oxygens (including phenoxy) is 2. The standard InChI is InChI=1S/C29H27N3O5/c1-18-28(21-8-4-3-5-9-21)37-29(35)32(18)17-23-15-22(25-16-30-19(2)31-25)11-12-26(23)36-24-10-6-7-20(13-24)14-27(33)34/h3-13,15-16,18,28H,14,17H2,1-2H3,(H,30,31)(H,33,34)/t18-,28-/m0/s1.